The predicted octanol–water partition coefficient (Wildman–Crippen LogP) is 4.14. The van der Waals surface area contributed by atoms with Crippen LogP contribution in [0.5, 0.6) is 17.4 Å². The van der Waals surface area contributed by atoms with E-state index < -0.39 is 0 Å². The molecular formula is C21H25N3O3. The van der Waals surface area contributed by atoms with Crippen molar-refractivity contribution < 1.29 is 14.6 Å². The van der Waals surface area contributed by atoms with E-state index in [9.17, 15) is 5.11 Å². The molecule has 3 aromatic rings. The SMILES string of the molecule is CCC(=Nc1ccc(CNC)cc1)c1c(O)[nH]c2cc(OC)c(OC)cc12. The second kappa shape index (κ2) is 8.14. The zero-order valence-electron chi connectivity index (χ0n) is 16.1. The van der Waals surface area contributed by atoms with Crippen molar-refractivity contribution in [3.05, 3.63) is 47.5 Å². The van der Waals surface area contributed by atoms with E-state index in [1.165, 1.54) is 5.56 Å². The monoisotopic (exact) mass is 367 g/mol. The molecule has 6 nitrogen and oxygen atoms in total. The van der Waals surface area contributed by atoms with Gasteiger partial charge in [-0.1, -0.05) is 19.1 Å². The van der Waals surface area contributed by atoms with Crippen LogP contribution in [0.3, 0.4) is 0 Å². The molecule has 142 valence electrons. The molecule has 0 saturated heterocycles. The van der Waals surface area contributed by atoms with Crippen LogP contribution in [0.15, 0.2) is 41.4 Å². The highest BCUT2D eigenvalue weighted by Crippen LogP contribution is 2.37. The highest BCUT2D eigenvalue weighted by atomic mass is 16.5. The number of H-pyrrole nitrogens is 1. The van der Waals surface area contributed by atoms with Crippen LogP contribution < -0.4 is 14.8 Å². The fourth-order valence-electron chi connectivity index (χ4n) is 3.16. The van der Waals surface area contributed by atoms with Crippen LogP contribution in [-0.2, 0) is 6.54 Å². The Hall–Kier alpha value is -2.99. The Morgan fingerprint density at radius 3 is 2.37 bits per heavy atom. The van der Waals surface area contributed by atoms with Crippen LogP contribution in [0, 0.1) is 0 Å². The topological polar surface area (TPSA) is 78.9 Å². The van der Waals surface area contributed by atoms with E-state index in [0.29, 0.717) is 23.5 Å². The molecule has 0 aliphatic rings. The average Bonchev–Trinajstić information content (AvgIpc) is 3.01. The maximum Gasteiger partial charge on any atom is 0.198 e. The number of methoxy groups -OCH3 is 2. The summed E-state index contributed by atoms with van der Waals surface area (Å²) in [4.78, 5) is 7.78. The van der Waals surface area contributed by atoms with Crippen LogP contribution in [0.25, 0.3) is 10.9 Å². The molecule has 1 aromatic heterocycles. The fraction of sp³-hybridized carbons (Fsp3) is 0.286. The third-order valence-electron chi connectivity index (χ3n) is 4.49. The van der Waals surface area contributed by atoms with Crippen molar-refractivity contribution in [1.29, 1.82) is 0 Å². The number of hydrogen-bond donors (Lipinski definition) is 3. The Morgan fingerprint density at radius 2 is 1.78 bits per heavy atom. The van der Waals surface area contributed by atoms with Gasteiger partial charge in [-0.25, -0.2) is 0 Å². The van der Waals surface area contributed by atoms with E-state index in [1.807, 2.05) is 50.4 Å². The summed E-state index contributed by atoms with van der Waals surface area (Å²) in [6.45, 7) is 2.84. The van der Waals surface area contributed by atoms with E-state index in [2.05, 4.69) is 10.3 Å². The first-order chi connectivity index (χ1) is 13.1. The number of hydrogen-bond acceptors (Lipinski definition) is 5. The summed E-state index contributed by atoms with van der Waals surface area (Å²) >= 11 is 0. The van der Waals surface area contributed by atoms with Gasteiger partial charge < -0.3 is 24.9 Å². The van der Waals surface area contributed by atoms with Gasteiger partial charge in [-0.05, 0) is 37.2 Å². The van der Waals surface area contributed by atoms with Crippen molar-refractivity contribution in [2.24, 2.45) is 4.99 Å². The van der Waals surface area contributed by atoms with Crippen LogP contribution in [-0.4, -0.2) is 37.1 Å². The molecule has 0 spiro atoms. The molecule has 2 aromatic carbocycles. The molecule has 0 saturated carbocycles. The Kier molecular flexibility index (Phi) is 5.66. The third-order valence-corrected chi connectivity index (χ3v) is 4.49. The molecule has 0 fully saturated rings. The lowest BCUT2D eigenvalue weighted by molar-refractivity contribution is 0.356. The quantitative estimate of drug-likeness (QED) is 0.548. The van der Waals surface area contributed by atoms with Crippen LogP contribution in [0.1, 0.15) is 24.5 Å². The minimum Gasteiger partial charge on any atom is -0.494 e. The highest BCUT2D eigenvalue weighted by molar-refractivity contribution is 6.14. The molecule has 0 unspecified atom stereocenters. The Bertz CT molecular complexity index is 959. The predicted molar refractivity (Wildman–Crippen MR) is 109 cm³/mol. The molecule has 0 aliphatic heterocycles. The van der Waals surface area contributed by atoms with E-state index in [1.54, 1.807) is 14.2 Å². The lowest BCUT2D eigenvalue weighted by Crippen LogP contribution is -2.04. The second-order valence-corrected chi connectivity index (χ2v) is 6.21. The smallest absolute Gasteiger partial charge is 0.198 e. The Morgan fingerprint density at radius 1 is 1.11 bits per heavy atom. The van der Waals surface area contributed by atoms with Gasteiger partial charge in [0.15, 0.2) is 17.4 Å². The first-order valence-electron chi connectivity index (χ1n) is 8.89. The summed E-state index contributed by atoms with van der Waals surface area (Å²) in [6.07, 6.45) is 0.674. The number of aromatic hydroxyl groups is 1. The molecule has 1 heterocycles. The summed E-state index contributed by atoms with van der Waals surface area (Å²) in [5.74, 6) is 1.30. The maximum atomic E-state index is 10.5. The number of nitrogens with zero attached hydrogens (tertiary/aromatic N) is 1. The van der Waals surface area contributed by atoms with Gasteiger partial charge in [-0.2, -0.15) is 0 Å². The van der Waals surface area contributed by atoms with Crippen molar-refractivity contribution in [1.82, 2.24) is 10.3 Å². The molecule has 3 rings (SSSR count). The summed E-state index contributed by atoms with van der Waals surface area (Å²) in [5.41, 5.74) is 4.30. The van der Waals surface area contributed by atoms with E-state index in [-0.39, 0.29) is 5.88 Å². The second-order valence-electron chi connectivity index (χ2n) is 6.21. The first-order valence-corrected chi connectivity index (χ1v) is 8.89. The average molecular weight is 367 g/mol. The summed E-state index contributed by atoms with van der Waals surface area (Å²) < 4.78 is 10.8. The van der Waals surface area contributed by atoms with Crippen LogP contribution in [0.2, 0.25) is 0 Å². The van der Waals surface area contributed by atoms with Crippen molar-refractivity contribution in [3.63, 3.8) is 0 Å². The summed E-state index contributed by atoms with van der Waals surface area (Å²) in [6, 6.07) is 11.7. The standard InChI is InChI=1S/C21H25N3O3/c1-5-16(23-14-8-6-13(7-9-14)12-22-2)20-15-10-18(26-3)19(27-4)11-17(15)24-21(20)25/h6-11,22,24-25H,5,12H2,1-4H3. The van der Waals surface area contributed by atoms with Gasteiger partial charge in [-0.3, -0.25) is 4.99 Å². The number of fused-ring (bicyclic) bond motifs is 1. The molecule has 6 heteroatoms. The number of nitrogens with one attached hydrogen (secondary N) is 2. The minimum absolute atomic E-state index is 0.0905. The lowest BCUT2D eigenvalue weighted by atomic mass is 10.1. The van der Waals surface area contributed by atoms with Crippen LogP contribution in [0.4, 0.5) is 5.69 Å². The van der Waals surface area contributed by atoms with E-state index in [4.69, 9.17) is 14.5 Å². The molecule has 0 radical (unpaired) electrons. The van der Waals surface area contributed by atoms with Gasteiger partial charge in [-0.15, -0.1) is 0 Å². The molecule has 3 N–H and O–H groups in total. The number of aromatic nitrogens is 1. The number of aromatic amines is 1. The van der Waals surface area contributed by atoms with E-state index >= 15 is 0 Å². The molecular weight excluding hydrogens is 342 g/mol. The lowest BCUT2D eigenvalue weighted by Gasteiger charge is -2.09. The molecule has 0 amide bonds. The Balaban J connectivity index is 2.09. The number of ether oxygens (including phenoxy) is 2. The Labute approximate surface area is 158 Å². The first kappa shape index (κ1) is 18.8. The minimum atomic E-state index is 0.0905. The van der Waals surface area contributed by atoms with Gasteiger partial charge >= 0.3 is 0 Å². The van der Waals surface area contributed by atoms with Crippen molar-refractivity contribution in [2.75, 3.05) is 21.3 Å². The van der Waals surface area contributed by atoms with Gasteiger partial charge in [0, 0.05) is 18.0 Å². The molecule has 0 atom stereocenters. The van der Waals surface area contributed by atoms with Gasteiger partial charge in [0.05, 0.1) is 36.7 Å². The normalized spacial score (nSPS) is 11.8. The summed E-state index contributed by atoms with van der Waals surface area (Å²) in [7, 11) is 5.10. The van der Waals surface area contributed by atoms with Crippen molar-refractivity contribution in [3.8, 4) is 17.4 Å². The van der Waals surface area contributed by atoms with Gasteiger partial charge in [0.25, 0.3) is 0 Å². The molecule has 0 bridgehead atoms. The maximum absolute atomic E-state index is 10.5. The largest absolute Gasteiger partial charge is 0.494 e. The highest BCUT2D eigenvalue weighted by Gasteiger charge is 2.18. The van der Waals surface area contributed by atoms with Gasteiger partial charge in [0.1, 0.15) is 0 Å². The fourth-order valence-corrected chi connectivity index (χ4v) is 3.16. The third kappa shape index (κ3) is 3.75. The van der Waals surface area contributed by atoms with Crippen molar-refractivity contribution >= 4 is 22.3 Å². The van der Waals surface area contributed by atoms with E-state index in [0.717, 1.165) is 28.8 Å². The molecule has 27 heavy (non-hydrogen) atoms. The van der Waals surface area contributed by atoms with Crippen LogP contribution >= 0.6 is 0 Å². The molecule has 0 aliphatic carbocycles. The van der Waals surface area contributed by atoms with Crippen molar-refractivity contribution in [2.45, 2.75) is 19.9 Å². The zero-order valence-corrected chi connectivity index (χ0v) is 16.1. The van der Waals surface area contributed by atoms with Gasteiger partial charge in [0.2, 0.25) is 0 Å². The number of benzene rings is 2. The zero-order chi connectivity index (χ0) is 19.4. The number of rotatable bonds is 7. The summed E-state index contributed by atoms with van der Waals surface area (Å²) in [5, 5.41) is 14.5. The number of aliphatic imine (C=N–C) groups is 1.